The second kappa shape index (κ2) is 5.58. The highest BCUT2D eigenvalue weighted by Gasteiger charge is 2.07. The van der Waals surface area contributed by atoms with Gasteiger partial charge in [0.05, 0.1) is 5.56 Å². The van der Waals surface area contributed by atoms with Crippen molar-refractivity contribution >= 4 is 28.8 Å². The molecule has 0 atom stereocenters. The number of hydrogen-bond donors (Lipinski definition) is 2. The average Bonchev–Trinajstić information content (AvgIpc) is 2.39. The second-order valence-electron chi connectivity index (χ2n) is 4.15. The van der Waals surface area contributed by atoms with Gasteiger partial charge in [0.25, 0.3) is 5.91 Å². The minimum absolute atomic E-state index is 0.212. The summed E-state index contributed by atoms with van der Waals surface area (Å²) in [5, 5.41) is 2.79. The number of aryl methyl sites for hydroxylation is 1. The number of carbonyl (C=O) groups is 1. The minimum Gasteiger partial charge on any atom is -0.389 e. The molecule has 0 fully saturated rings. The van der Waals surface area contributed by atoms with Crippen LogP contribution in [0, 0.1) is 6.92 Å². The molecule has 1 amide bonds. The molecule has 19 heavy (non-hydrogen) atoms. The van der Waals surface area contributed by atoms with Crippen LogP contribution in [0.5, 0.6) is 0 Å². The highest BCUT2D eigenvalue weighted by Crippen LogP contribution is 2.12. The zero-order chi connectivity index (χ0) is 13.8. The van der Waals surface area contributed by atoms with Crippen LogP contribution in [0.25, 0.3) is 0 Å². The van der Waals surface area contributed by atoms with Crippen molar-refractivity contribution < 1.29 is 4.79 Å². The molecule has 3 N–H and O–H groups in total. The summed E-state index contributed by atoms with van der Waals surface area (Å²) in [5.74, 6) is -0.212. The predicted octanol–water partition coefficient (Wildman–Crippen LogP) is 2.28. The molecule has 0 aliphatic heterocycles. The van der Waals surface area contributed by atoms with Gasteiger partial charge in [-0.05, 0) is 30.7 Å². The maximum Gasteiger partial charge on any atom is 0.257 e. The van der Waals surface area contributed by atoms with Crippen molar-refractivity contribution in [2.45, 2.75) is 6.92 Å². The molecule has 0 bridgehead atoms. The summed E-state index contributed by atoms with van der Waals surface area (Å²) < 4.78 is 0. The Morgan fingerprint density at radius 1 is 1.26 bits per heavy atom. The fourth-order valence-electron chi connectivity index (χ4n) is 1.63. The Labute approximate surface area is 116 Å². The van der Waals surface area contributed by atoms with Crippen molar-refractivity contribution in [1.29, 1.82) is 0 Å². The SMILES string of the molecule is Cc1cncc(C(=O)Nc2cccc(C(N)=S)c2)c1. The van der Waals surface area contributed by atoms with E-state index >= 15 is 0 Å². The number of nitrogens with two attached hydrogens (primary N) is 1. The third-order valence-corrected chi connectivity index (χ3v) is 2.78. The van der Waals surface area contributed by atoms with Gasteiger partial charge in [0.15, 0.2) is 0 Å². The number of thiocarbonyl (C=S) groups is 1. The summed E-state index contributed by atoms with van der Waals surface area (Å²) in [6.45, 7) is 1.89. The van der Waals surface area contributed by atoms with Crippen LogP contribution in [-0.2, 0) is 0 Å². The molecule has 96 valence electrons. The summed E-state index contributed by atoms with van der Waals surface area (Å²) in [5.41, 5.74) is 8.37. The van der Waals surface area contributed by atoms with E-state index in [0.717, 1.165) is 11.1 Å². The van der Waals surface area contributed by atoms with E-state index in [1.165, 1.54) is 6.20 Å². The number of rotatable bonds is 3. The predicted molar refractivity (Wildman–Crippen MR) is 79.3 cm³/mol. The van der Waals surface area contributed by atoms with Gasteiger partial charge in [-0.2, -0.15) is 0 Å². The molecule has 0 saturated carbocycles. The molecular weight excluding hydrogens is 258 g/mol. The Kier molecular flexibility index (Phi) is 3.87. The number of amides is 1. The highest BCUT2D eigenvalue weighted by atomic mass is 32.1. The molecule has 2 aromatic rings. The number of aromatic nitrogens is 1. The highest BCUT2D eigenvalue weighted by molar-refractivity contribution is 7.80. The fourth-order valence-corrected chi connectivity index (χ4v) is 1.76. The number of carbonyl (C=O) groups excluding carboxylic acids is 1. The first-order valence-electron chi connectivity index (χ1n) is 5.69. The van der Waals surface area contributed by atoms with Gasteiger partial charge in [-0.25, -0.2) is 0 Å². The second-order valence-corrected chi connectivity index (χ2v) is 4.59. The van der Waals surface area contributed by atoms with Gasteiger partial charge in [-0.3, -0.25) is 9.78 Å². The van der Waals surface area contributed by atoms with Gasteiger partial charge in [-0.1, -0.05) is 24.4 Å². The molecule has 0 aliphatic rings. The molecule has 5 heteroatoms. The third-order valence-electron chi connectivity index (χ3n) is 2.54. The maximum absolute atomic E-state index is 12.0. The number of benzene rings is 1. The fraction of sp³-hybridized carbons (Fsp3) is 0.0714. The van der Waals surface area contributed by atoms with Crippen molar-refractivity contribution in [2.24, 2.45) is 5.73 Å². The summed E-state index contributed by atoms with van der Waals surface area (Å²) >= 11 is 4.90. The molecule has 0 aliphatic carbocycles. The van der Waals surface area contributed by atoms with Gasteiger partial charge in [0.2, 0.25) is 0 Å². The first kappa shape index (κ1) is 13.2. The van der Waals surface area contributed by atoms with Crippen LogP contribution in [0.15, 0.2) is 42.7 Å². The molecule has 2 rings (SSSR count). The van der Waals surface area contributed by atoms with Crippen molar-refractivity contribution in [1.82, 2.24) is 4.98 Å². The Hall–Kier alpha value is -2.27. The van der Waals surface area contributed by atoms with Gasteiger partial charge in [0.1, 0.15) is 4.99 Å². The van der Waals surface area contributed by atoms with Crippen LogP contribution in [0.2, 0.25) is 0 Å². The van der Waals surface area contributed by atoms with E-state index < -0.39 is 0 Å². The molecule has 1 heterocycles. The van der Waals surface area contributed by atoms with Crippen molar-refractivity contribution in [3.63, 3.8) is 0 Å². The molecule has 4 nitrogen and oxygen atoms in total. The summed E-state index contributed by atoms with van der Waals surface area (Å²) in [6.07, 6.45) is 3.23. The smallest absolute Gasteiger partial charge is 0.257 e. The molecule has 0 spiro atoms. The molecule has 0 radical (unpaired) electrons. The van der Waals surface area contributed by atoms with Crippen LogP contribution in [0.4, 0.5) is 5.69 Å². The van der Waals surface area contributed by atoms with Gasteiger partial charge in [0, 0.05) is 23.6 Å². The lowest BCUT2D eigenvalue weighted by Gasteiger charge is -2.07. The number of anilines is 1. The van der Waals surface area contributed by atoms with Gasteiger partial charge >= 0.3 is 0 Å². The van der Waals surface area contributed by atoms with E-state index in [2.05, 4.69) is 10.3 Å². The van der Waals surface area contributed by atoms with Gasteiger partial charge in [-0.15, -0.1) is 0 Å². The third kappa shape index (κ3) is 3.35. The molecular formula is C14H13N3OS. The van der Waals surface area contributed by atoms with E-state index in [9.17, 15) is 4.79 Å². The van der Waals surface area contributed by atoms with Crippen LogP contribution in [-0.4, -0.2) is 15.9 Å². The average molecular weight is 271 g/mol. The van der Waals surface area contributed by atoms with E-state index in [1.807, 2.05) is 6.92 Å². The summed E-state index contributed by atoms with van der Waals surface area (Å²) in [4.78, 5) is 16.3. The number of pyridine rings is 1. The molecule has 1 aromatic carbocycles. The topological polar surface area (TPSA) is 68.0 Å². The van der Waals surface area contributed by atoms with Crippen LogP contribution >= 0.6 is 12.2 Å². The zero-order valence-corrected chi connectivity index (χ0v) is 11.2. The Morgan fingerprint density at radius 2 is 2.05 bits per heavy atom. The first-order chi connectivity index (χ1) is 9.06. The molecule has 1 aromatic heterocycles. The monoisotopic (exact) mass is 271 g/mol. The standard InChI is InChI=1S/C14H13N3OS/c1-9-5-11(8-16-7-9)14(18)17-12-4-2-3-10(6-12)13(15)19/h2-8H,1H3,(H2,15,19)(H,17,18). The van der Waals surface area contributed by atoms with Crippen molar-refractivity contribution in [3.05, 3.63) is 59.4 Å². The van der Waals surface area contributed by atoms with Crippen molar-refractivity contribution in [2.75, 3.05) is 5.32 Å². The summed E-state index contributed by atoms with van der Waals surface area (Å²) in [7, 11) is 0. The van der Waals surface area contributed by atoms with Crippen molar-refractivity contribution in [3.8, 4) is 0 Å². The molecule has 0 saturated heterocycles. The lowest BCUT2D eigenvalue weighted by atomic mass is 10.2. The number of nitrogens with one attached hydrogen (secondary N) is 1. The van der Waals surface area contributed by atoms with Crippen LogP contribution in [0.1, 0.15) is 21.5 Å². The number of nitrogens with zero attached hydrogens (tertiary/aromatic N) is 1. The van der Waals surface area contributed by atoms with E-state index in [0.29, 0.717) is 16.2 Å². The van der Waals surface area contributed by atoms with E-state index in [1.54, 1.807) is 36.5 Å². The Bertz CT molecular complexity index is 640. The normalized spacial score (nSPS) is 9.95. The lowest BCUT2D eigenvalue weighted by Crippen LogP contribution is -2.14. The van der Waals surface area contributed by atoms with Crippen LogP contribution < -0.4 is 11.1 Å². The molecule has 0 unspecified atom stereocenters. The number of hydrogen-bond acceptors (Lipinski definition) is 3. The quantitative estimate of drug-likeness (QED) is 0.840. The minimum atomic E-state index is -0.212. The van der Waals surface area contributed by atoms with Crippen LogP contribution in [0.3, 0.4) is 0 Å². The van der Waals surface area contributed by atoms with E-state index in [-0.39, 0.29) is 5.91 Å². The van der Waals surface area contributed by atoms with E-state index in [4.69, 9.17) is 18.0 Å². The largest absolute Gasteiger partial charge is 0.389 e. The Morgan fingerprint density at radius 3 is 2.74 bits per heavy atom. The maximum atomic E-state index is 12.0. The summed E-state index contributed by atoms with van der Waals surface area (Å²) in [6, 6.07) is 8.89. The first-order valence-corrected chi connectivity index (χ1v) is 6.10. The Balaban J connectivity index is 2.19. The zero-order valence-electron chi connectivity index (χ0n) is 10.4. The lowest BCUT2D eigenvalue weighted by molar-refractivity contribution is 0.102. The van der Waals surface area contributed by atoms with Gasteiger partial charge < -0.3 is 11.1 Å².